The predicted octanol–water partition coefficient (Wildman–Crippen LogP) is 7.56. The topological polar surface area (TPSA) is 48.0 Å². The van der Waals surface area contributed by atoms with Gasteiger partial charge in [0.15, 0.2) is 15.8 Å². The van der Waals surface area contributed by atoms with Crippen LogP contribution >= 0.6 is 47.2 Å². The maximum Gasteiger partial charge on any atom is 0.270 e. The van der Waals surface area contributed by atoms with E-state index in [0.717, 1.165) is 11.3 Å². The Bertz CT molecular complexity index is 1310. The summed E-state index contributed by atoms with van der Waals surface area (Å²) in [5.41, 5.74) is 2.38. The van der Waals surface area contributed by atoms with Crippen molar-refractivity contribution in [3.8, 4) is 17.2 Å². The van der Waals surface area contributed by atoms with Gasteiger partial charge < -0.3 is 14.2 Å². The average Bonchev–Trinajstić information content (AvgIpc) is 3.13. The van der Waals surface area contributed by atoms with E-state index in [2.05, 4.69) is 0 Å². The van der Waals surface area contributed by atoms with Crippen LogP contribution in [-0.4, -0.2) is 30.0 Å². The summed E-state index contributed by atoms with van der Waals surface area (Å²) in [4.78, 5) is 15.1. The number of carbonyl (C=O) groups is 1. The molecule has 0 unspecified atom stereocenters. The Morgan fingerprint density at radius 2 is 1.72 bits per heavy atom. The molecule has 9 heteroatoms. The summed E-state index contributed by atoms with van der Waals surface area (Å²) >= 11 is 19.3. The molecule has 0 aliphatic carbocycles. The number of benzene rings is 3. The second kappa shape index (κ2) is 12.0. The fourth-order valence-electron chi connectivity index (χ4n) is 3.50. The molecule has 1 aliphatic heterocycles. The third-order valence-electron chi connectivity index (χ3n) is 5.17. The van der Waals surface area contributed by atoms with Gasteiger partial charge in [-0.2, -0.15) is 0 Å². The number of rotatable bonds is 9. The SMILES string of the molecule is CCOc1cc(/C=C2\SC(=S)N(c3ccccc3)C2=O)cc(Cl)c1OCCOc1ccc(Cl)c(C)c1. The van der Waals surface area contributed by atoms with Crippen molar-refractivity contribution >= 4 is 69.2 Å². The lowest BCUT2D eigenvalue weighted by atomic mass is 10.1. The van der Waals surface area contributed by atoms with Gasteiger partial charge in [-0.05, 0) is 73.5 Å². The Morgan fingerprint density at radius 3 is 2.44 bits per heavy atom. The van der Waals surface area contributed by atoms with Gasteiger partial charge in [0.05, 0.1) is 22.2 Å². The van der Waals surface area contributed by atoms with E-state index < -0.39 is 0 Å². The van der Waals surface area contributed by atoms with Crippen molar-refractivity contribution in [2.75, 3.05) is 24.7 Å². The number of thioether (sulfide) groups is 1. The van der Waals surface area contributed by atoms with E-state index in [1.165, 1.54) is 16.7 Å². The number of amides is 1. The summed E-state index contributed by atoms with van der Waals surface area (Å²) in [6.45, 7) is 4.79. The molecule has 3 aromatic rings. The number of ether oxygens (including phenoxy) is 3. The quantitative estimate of drug-likeness (QED) is 0.153. The van der Waals surface area contributed by atoms with Crippen molar-refractivity contribution in [3.63, 3.8) is 0 Å². The van der Waals surface area contributed by atoms with Gasteiger partial charge in [0.1, 0.15) is 19.0 Å². The van der Waals surface area contributed by atoms with Gasteiger partial charge in [-0.25, -0.2) is 0 Å². The molecular weight excluding hydrogens is 537 g/mol. The van der Waals surface area contributed by atoms with Crippen molar-refractivity contribution in [2.45, 2.75) is 13.8 Å². The lowest BCUT2D eigenvalue weighted by Crippen LogP contribution is -2.27. The van der Waals surface area contributed by atoms with E-state index in [1.54, 1.807) is 24.3 Å². The normalized spacial score (nSPS) is 14.4. The van der Waals surface area contributed by atoms with Crippen LogP contribution in [0, 0.1) is 6.92 Å². The molecule has 3 aromatic carbocycles. The van der Waals surface area contributed by atoms with Crippen LogP contribution in [0.25, 0.3) is 6.08 Å². The van der Waals surface area contributed by atoms with Gasteiger partial charge in [-0.3, -0.25) is 9.69 Å². The molecule has 0 atom stereocenters. The van der Waals surface area contributed by atoms with Crippen molar-refractivity contribution < 1.29 is 19.0 Å². The van der Waals surface area contributed by atoms with E-state index >= 15 is 0 Å². The minimum atomic E-state index is -0.180. The first-order chi connectivity index (χ1) is 17.4. The zero-order valence-corrected chi connectivity index (χ0v) is 22.8. The number of thiocarbonyl (C=S) groups is 1. The second-order valence-electron chi connectivity index (χ2n) is 7.72. The van der Waals surface area contributed by atoms with E-state index in [4.69, 9.17) is 49.6 Å². The second-order valence-corrected chi connectivity index (χ2v) is 10.2. The van der Waals surface area contributed by atoms with Gasteiger partial charge in [0.2, 0.25) is 0 Å². The van der Waals surface area contributed by atoms with Crippen molar-refractivity contribution in [2.24, 2.45) is 0 Å². The summed E-state index contributed by atoms with van der Waals surface area (Å²) in [5.74, 6) is 1.43. The molecule has 0 aromatic heterocycles. The molecule has 1 saturated heterocycles. The Morgan fingerprint density at radius 1 is 0.972 bits per heavy atom. The molecule has 1 fully saturated rings. The van der Waals surface area contributed by atoms with Crippen LogP contribution in [0.1, 0.15) is 18.1 Å². The maximum absolute atomic E-state index is 13.1. The van der Waals surface area contributed by atoms with Crippen molar-refractivity contribution in [1.29, 1.82) is 0 Å². The number of aryl methyl sites for hydroxylation is 1. The molecule has 0 radical (unpaired) electrons. The molecule has 0 spiro atoms. The van der Waals surface area contributed by atoms with Crippen molar-refractivity contribution in [1.82, 2.24) is 0 Å². The van der Waals surface area contributed by atoms with E-state index in [-0.39, 0.29) is 12.5 Å². The van der Waals surface area contributed by atoms with Crippen LogP contribution in [0.5, 0.6) is 17.2 Å². The van der Waals surface area contributed by atoms with E-state index in [0.29, 0.717) is 55.3 Å². The minimum Gasteiger partial charge on any atom is -0.490 e. The highest BCUT2D eigenvalue weighted by Gasteiger charge is 2.33. The third kappa shape index (κ3) is 6.16. The molecule has 0 N–H and O–H groups in total. The monoisotopic (exact) mass is 559 g/mol. The Labute approximate surface area is 229 Å². The summed E-state index contributed by atoms with van der Waals surface area (Å²) in [7, 11) is 0. The number of anilines is 1. The van der Waals surface area contributed by atoms with Crippen LogP contribution in [0.3, 0.4) is 0 Å². The Kier molecular flexibility index (Phi) is 8.80. The van der Waals surface area contributed by atoms with Gasteiger partial charge in [-0.1, -0.05) is 65.4 Å². The summed E-state index contributed by atoms with van der Waals surface area (Å²) < 4.78 is 17.9. The molecular formula is C27H23Cl2NO4S2. The fourth-order valence-corrected chi connectivity index (χ4v) is 5.19. The van der Waals surface area contributed by atoms with Gasteiger partial charge >= 0.3 is 0 Å². The summed E-state index contributed by atoms with van der Waals surface area (Å²) in [6, 6.07) is 18.3. The van der Waals surface area contributed by atoms with Gasteiger partial charge in [0.25, 0.3) is 5.91 Å². The third-order valence-corrected chi connectivity index (χ3v) is 7.17. The van der Waals surface area contributed by atoms with Crippen molar-refractivity contribution in [3.05, 3.63) is 86.7 Å². The number of para-hydroxylation sites is 1. The fraction of sp³-hybridized carbons (Fsp3) is 0.185. The molecule has 1 heterocycles. The molecule has 36 heavy (non-hydrogen) atoms. The smallest absolute Gasteiger partial charge is 0.270 e. The highest BCUT2D eigenvalue weighted by Crippen LogP contribution is 2.40. The van der Waals surface area contributed by atoms with E-state index in [9.17, 15) is 4.79 Å². The Balaban J connectivity index is 1.48. The number of halogens is 2. The number of hydrogen-bond donors (Lipinski definition) is 0. The highest BCUT2D eigenvalue weighted by molar-refractivity contribution is 8.27. The highest BCUT2D eigenvalue weighted by atomic mass is 35.5. The minimum absolute atomic E-state index is 0.180. The van der Waals surface area contributed by atoms with Gasteiger partial charge in [-0.15, -0.1) is 0 Å². The standard InChI is InChI=1S/C27H23Cl2NO4S2/c1-3-32-23-15-18(16-24-26(31)30(27(35)36-24)19-7-5-4-6-8-19)14-22(29)25(23)34-12-11-33-20-9-10-21(28)17(2)13-20/h4-10,13-16H,3,11-12H2,1-2H3/b24-16-. The molecule has 0 bridgehead atoms. The van der Waals surface area contributed by atoms with Crippen LogP contribution in [0.2, 0.25) is 10.0 Å². The zero-order chi connectivity index (χ0) is 25.7. The lowest BCUT2D eigenvalue weighted by molar-refractivity contribution is -0.113. The lowest BCUT2D eigenvalue weighted by Gasteiger charge is -2.15. The zero-order valence-electron chi connectivity index (χ0n) is 19.6. The summed E-state index contributed by atoms with van der Waals surface area (Å²) in [6.07, 6.45) is 1.76. The summed E-state index contributed by atoms with van der Waals surface area (Å²) in [5, 5.41) is 1.06. The molecule has 4 rings (SSSR count). The maximum atomic E-state index is 13.1. The average molecular weight is 561 g/mol. The first-order valence-electron chi connectivity index (χ1n) is 11.2. The van der Waals surface area contributed by atoms with E-state index in [1.807, 2.05) is 56.3 Å². The number of nitrogens with zero attached hydrogens (tertiary/aromatic N) is 1. The molecule has 5 nitrogen and oxygen atoms in total. The molecule has 1 aliphatic rings. The molecule has 186 valence electrons. The first kappa shape index (κ1) is 26.4. The Hall–Kier alpha value is -2.71. The first-order valence-corrected chi connectivity index (χ1v) is 13.2. The van der Waals surface area contributed by atoms with Gasteiger partial charge in [0, 0.05) is 5.02 Å². The van der Waals surface area contributed by atoms with Crippen LogP contribution < -0.4 is 19.1 Å². The largest absolute Gasteiger partial charge is 0.490 e. The van der Waals surface area contributed by atoms with Crippen LogP contribution in [0.15, 0.2) is 65.6 Å². The van der Waals surface area contributed by atoms with Crippen LogP contribution in [0.4, 0.5) is 5.69 Å². The molecule has 1 amide bonds. The van der Waals surface area contributed by atoms with Crippen LogP contribution in [-0.2, 0) is 4.79 Å². The number of hydrogen-bond acceptors (Lipinski definition) is 6. The predicted molar refractivity (Wildman–Crippen MR) is 152 cm³/mol. The number of carbonyl (C=O) groups excluding carboxylic acids is 1. The molecule has 0 saturated carbocycles.